The summed E-state index contributed by atoms with van der Waals surface area (Å²) in [6, 6.07) is 15.4. The van der Waals surface area contributed by atoms with Crippen LogP contribution in [0.15, 0.2) is 53.7 Å². The highest BCUT2D eigenvalue weighted by Crippen LogP contribution is 2.48. The van der Waals surface area contributed by atoms with Crippen LogP contribution in [0.5, 0.6) is 5.75 Å². The van der Waals surface area contributed by atoms with Gasteiger partial charge in [0.1, 0.15) is 11.8 Å². The lowest BCUT2D eigenvalue weighted by molar-refractivity contribution is 0.255. The van der Waals surface area contributed by atoms with Crippen LogP contribution in [0.2, 0.25) is 0 Å². The van der Waals surface area contributed by atoms with Gasteiger partial charge in [0.2, 0.25) is 0 Å². The smallest absolute Gasteiger partial charge is 0.160 e. The molecule has 2 aromatic rings. The van der Waals surface area contributed by atoms with Gasteiger partial charge in [-0.2, -0.15) is 0 Å². The summed E-state index contributed by atoms with van der Waals surface area (Å²) in [4.78, 5) is 12.2. The van der Waals surface area contributed by atoms with Crippen molar-refractivity contribution < 1.29 is 4.74 Å². The molecule has 1 saturated heterocycles. The first-order valence-electron chi connectivity index (χ1n) is 8.94. The SMILES string of the molecule is CCOc1ccc([C@@H]2[C@H](c3ccccn3)N=C3SC[C@H](CC)N32)cc1. The molecule has 2 aliphatic heterocycles. The maximum absolute atomic E-state index is 5.61. The Labute approximate surface area is 153 Å². The summed E-state index contributed by atoms with van der Waals surface area (Å²) in [5.41, 5.74) is 2.32. The highest BCUT2D eigenvalue weighted by atomic mass is 32.2. The minimum Gasteiger partial charge on any atom is -0.494 e. The van der Waals surface area contributed by atoms with Crippen LogP contribution in [-0.4, -0.2) is 33.5 Å². The van der Waals surface area contributed by atoms with E-state index in [9.17, 15) is 0 Å². The molecule has 0 amide bonds. The Morgan fingerprint density at radius 1 is 1.16 bits per heavy atom. The summed E-state index contributed by atoms with van der Waals surface area (Å²) in [6.07, 6.45) is 2.99. The third-order valence-electron chi connectivity index (χ3n) is 4.86. The lowest BCUT2D eigenvalue weighted by Gasteiger charge is -2.32. The molecule has 2 aliphatic rings. The molecule has 1 fully saturated rings. The predicted molar refractivity (Wildman–Crippen MR) is 103 cm³/mol. The Kier molecular flexibility index (Phi) is 4.66. The Bertz CT molecular complexity index is 747. The number of benzene rings is 1. The van der Waals surface area contributed by atoms with E-state index in [-0.39, 0.29) is 12.1 Å². The molecule has 4 rings (SSSR count). The van der Waals surface area contributed by atoms with Crippen molar-refractivity contribution in [1.29, 1.82) is 0 Å². The van der Waals surface area contributed by atoms with Crippen molar-refractivity contribution in [3.05, 3.63) is 59.9 Å². The number of amidine groups is 1. The van der Waals surface area contributed by atoms with Crippen LogP contribution in [0.25, 0.3) is 0 Å². The second kappa shape index (κ2) is 7.08. The highest BCUT2D eigenvalue weighted by molar-refractivity contribution is 8.14. The number of nitrogens with zero attached hydrogens (tertiary/aromatic N) is 3. The van der Waals surface area contributed by atoms with Crippen molar-refractivity contribution in [2.24, 2.45) is 4.99 Å². The molecule has 0 unspecified atom stereocenters. The highest BCUT2D eigenvalue weighted by Gasteiger charge is 2.45. The minimum absolute atomic E-state index is 0.0518. The van der Waals surface area contributed by atoms with Gasteiger partial charge in [0, 0.05) is 18.0 Å². The lowest BCUT2D eigenvalue weighted by Crippen LogP contribution is -2.35. The van der Waals surface area contributed by atoms with Gasteiger partial charge >= 0.3 is 0 Å². The zero-order chi connectivity index (χ0) is 17.2. The fraction of sp³-hybridized carbons (Fsp3) is 0.400. The van der Waals surface area contributed by atoms with Crippen LogP contribution < -0.4 is 4.74 Å². The van der Waals surface area contributed by atoms with Crippen molar-refractivity contribution >= 4 is 16.9 Å². The normalized spacial score (nSPS) is 25.0. The first kappa shape index (κ1) is 16.5. The number of hydrogen-bond donors (Lipinski definition) is 0. The van der Waals surface area contributed by atoms with Gasteiger partial charge in [0.05, 0.1) is 18.3 Å². The number of pyridine rings is 1. The van der Waals surface area contributed by atoms with E-state index in [1.165, 1.54) is 10.7 Å². The number of ether oxygens (including phenoxy) is 1. The Hall–Kier alpha value is -2.01. The van der Waals surface area contributed by atoms with E-state index in [0.717, 1.165) is 23.6 Å². The second-order valence-electron chi connectivity index (χ2n) is 6.34. The lowest BCUT2D eigenvalue weighted by atomic mass is 9.95. The quantitative estimate of drug-likeness (QED) is 0.795. The van der Waals surface area contributed by atoms with Crippen LogP contribution in [0, 0.1) is 0 Å². The number of thioether (sulfide) groups is 1. The minimum atomic E-state index is 0.0518. The van der Waals surface area contributed by atoms with E-state index in [4.69, 9.17) is 9.73 Å². The molecule has 0 saturated carbocycles. The Morgan fingerprint density at radius 3 is 2.68 bits per heavy atom. The Morgan fingerprint density at radius 2 is 2.00 bits per heavy atom. The monoisotopic (exact) mass is 353 g/mol. The van der Waals surface area contributed by atoms with Crippen LogP contribution in [0.3, 0.4) is 0 Å². The molecule has 130 valence electrons. The average Bonchev–Trinajstić information content (AvgIpc) is 3.22. The fourth-order valence-electron chi connectivity index (χ4n) is 3.64. The van der Waals surface area contributed by atoms with Gasteiger partial charge in [0.25, 0.3) is 0 Å². The standard InChI is InChI=1S/C20H23N3OS/c1-3-15-13-25-20-22-18(17-7-5-6-12-21-17)19(23(15)20)14-8-10-16(11-9-14)24-4-2/h5-12,15,18-19H,3-4,13H2,1-2H3/t15-,18-,19+/m0/s1. The second-order valence-corrected chi connectivity index (χ2v) is 7.33. The van der Waals surface area contributed by atoms with Crippen LogP contribution in [-0.2, 0) is 0 Å². The maximum Gasteiger partial charge on any atom is 0.160 e. The number of aliphatic imine (C=N–C) groups is 1. The molecular formula is C20H23N3OS. The Balaban J connectivity index is 1.72. The van der Waals surface area contributed by atoms with Crippen molar-refractivity contribution in [2.75, 3.05) is 12.4 Å². The van der Waals surface area contributed by atoms with Gasteiger partial charge in [0.15, 0.2) is 5.17 Å². The van der Waals surface area contributed by atoms with Crippen molar-refractivity contribution in [3.63, 3.8) is 0 Å². The number of aromatic nitrogens is 1. The number of fused-ring (bicyclic) bond motifs is 1. The molecule has 1 aromatic carbocycles. The van der Waals surface area contributed by atoms with Gasteiger partial charge < -0.3 is 9.64 Å². The molecule has 0 N–H and O–H groups in total. The summed E-state index contributed by atoms with van der Waals surface area (Å²) in [5.74, 6) is 2.04. The van der Waals surface area contributed by atoms with Crippen molar-refractivity contribution in [2.45, 2.75) is 38.4 Å². The topological polar surface area (TPSA) is 37.7 Å². The first-order valence-corrected chi connectivity index (χ1v) is 9.93. The van der Waals surface area contributed by atoms with E-state index >= 15 is 0 Å². The summed E-state index contributed by atoms with van der Waals surface area (Å²) in [6.45, 7) is 4.96. The predicted octanol–water partition coefficient (Wildman–Crippen LogP) is 4.46. The van der Waals surface area contributed by atoms with Gasteiger partial charge in [-0.15, -0.1) is 0 Å². The molecule has 25 heavy (non-hydrogen) atoms. The van der Waals surface area contributed by atoms with E-state index < -0.39 is 0 Å². The summed E-state index contributed by atoms with van der Waals surface area (Å²) < 4.78 is 5.61. The third kappa shape index (κ3) is 3.01. The molecular weight excluding hydrogens is 330 g/mol. The molecule has 3 atom stereocenters. The van der Waals surface area contributed by atoms with Crippen LogP contribution >= 0.6 is 11.8 Å². The molecule has 3 heterocycles. The molecule has 0 bridgehead atoms. The summed E-state index contributed by atoms with van der Waals surface area (Å²) >= 11 is 1.88. The van der Waals surface area contributed by atoms with Crippen molar-refractivity contribution in [1.82, 2.24) is 9.88 Å². The van der Waals surface area contributed by atoms with Crippen molar-refractivity contribution in [3.8, 4) is 5.75 Å². The maximum atomic E-state index is 5.61. The fourth-order valence-corrected chi connectivity index (χ4v) is 4.98. The average molecular weight is 353 g/mol. The van der Waals surface area contributed by atoms with Gasteiger partial charge in [-0.05, 0) is 43.2 Å². The van der Waals surface area contributed by atoms with Crippen LogP contribution in [0.1, 0.15) is 43.6 Å². The van der Waals surface area contributed by atoms with E-state index in [0.29, 0.717) is 12.6 Å². The van der Waals surface area contributed by atoms with Gasteiger partial charge in [-0.3, -0.25) is 9.98 Å². The molecule has 0 aliphatic carbocycles. The molecule has 4 nitrogen and oxygen atoms in total. The number of rotatable bonds is 5. The molecule has 1 aromatic heterocycles. The van der Waals surface area contributed by atoms with E-state index in [1.807, 2.05) is 37.0 Å². The van der Waals surface area contributed by atoms with E-state index in [1.54, 1.807) is 0 Å². The third-order valence-corrected chi connectivity index (χ3v) is 5.99. The van der Waals surface area contributed by atoms with Crippen LogP contribution in [0.4, 0.5) is 0 Å². The summed E-state index contributed by atoms with van der Waals surface area (Å²) in [5, 5.41) is 1.17. The van der Waals surface area contributed by atoms with Gasteiger partial charge in [-0.1, -0.05) is 36.9 Å². The first-order chi connectivity index (χ1) is 12.3. The van der Waals surface area contributed by atoms with Gasteiger partial charge in [-0.25, -0.2) is 0 Å². The molecule has 0 spiro atoms. The molecule has 0 radical (unpaired) electrons. The number of hydrogen-bond acceptors (Lipinski definition) is 5. The van der Waals surface area contributed by atoms with E-state index in [2.05, 4.69) is 47.1 Å². The summed E-state index contributed by atoms with van der Waals surface area (Å²) in [7, 11) is 0. The molecule has 5 heteroatoms. The zero-order valence-corrected chi connectivity index (χ0v) is 15.4. The zero-order valence-electron chi connectivity index (χ0n) is 14.6. The largest absolute Gasteiger partial charge is 0.494 e.